The molecule has 0 unspecified atom stereocenters. The SMILES string of the molecule is Cc1ccc(N2C(=S)N[C@H](c3ccccn3)[C@@H]2c2ccc(C)n2C)cc1C. The first kappa shape index (κ1) is 17.7. The van der Waals surface area contributed by atoms with Crippen molar-refractivity contribution in [2.45, 2.75) is 32.9 Å². The number of anilines is 1. The molecule has 2 aromatic heterocycles. The number of thiocarbonyl (C=S) groups is 1. The Hall–Kier alpha value is -2.66. The molecule has 5 heteroatoms. The van der Waals surface area contributed by atoms with Gasteiger partial charge in [-0.25, -0.2) is 0 Å². The summed E-state index contributed by atoms with van der Waals surface area (Å²) in [6, 6.07) is 16.9. The monoisotopic (exact) mass is 376 g/mol. The molecule has 1 N–H and O–H groups in total. The van der Waals surface area contributed by atoms with Crippen LogP contribution < -0.4 is 10.2 Å². The van der Waals surface area contributed by atoms with Gasteiger partial charge in [0.25, 0.3) is 0 Å². The van der Waals surface area contributed by atoms with Crippen LogP contribution in [0.15, 0.2) is 54.7 Å². The Morgan fingerprint density at radius 1 is 1.00 bits per heavy atom. The maximum atomic E-state index is 5.78. The standard InChI is InChI=1S/C22H24N4S/c1-14-8-10-17(13-15(14)2)26-21(19-11-9-16(3)25(19)4)20(24-22(26)27)18-7-5-6-12-23-18/h5-13,20-21H,1-4H3,(H,24,27)/t20-,21+/m1/s1. The highest BCUT2D eigenvalue weighted by atomic mass is 32.1. The molecule has 2 atom stereocenters. The number of rotatable bonds is 3. The van der Waals surface area contributed by atoms with Crippen LogP contribution in [0.5, 0.6) is 0 Å². The van der Waals surface area contributed by atoms with Crippen LogP contribution in [0.2, 0.25) is 0 Å². The van der Waals surface area contributed by atoms with Gasteiger partial charge in [0.15, 0.2) is 5.11 Å². The minimum Gasteiger partial charge on any atom is -0.351 e. The van der Waals surface area contributed by atoms with Gasteiger partial charge in [-0.05, 0) is 80.5 Å². The highest BCUT2D eigenvalue weighted by Crippen LogP contribution is 2.42. The Morgan fingerprint density at radius 2 is 1.81 bits per heavy atom. The summed E-state index contributed by atoms with van der Waals surface area (Å²) in [5, 5.41) is 4.25. The van der Waals surface area contributed by atoms with Gasteiger partial charge in [0.1, 0.15) is 6.04 Å². The first-order chi connectivity index (χ1) is 13.0. The van der Waals surface area contributed by atoms with Crippen molar-refractivity contribution in [1.29, 1.82) is 0 Å². The molecule has 1 aliphatic heterocycles. The second kappa shape index (κ2) is 6.82. The zero-order chi connectivity index (χ0) is 19.1. The Labute approximate surface area is 165 Å². The number of nitrogens with one attached hydrogen (secondary N) is 1. The lowest BCUT2D eigenvalue weighted by atomic mass is 10.0. The van der Waals surface area contributed by atoms with E-state index in [0.717, 1.165) is 16.5 Å². The second-order valence-electron chi connectivity index (χ2n) is 7.22. The number of nitrogens with zero attached hydrogens (tertiary/aromatic N) is 3. The molecule has 0 saturated carbocycles. The molecule has 1 aromatic carbocycles. The van der Waals surface area contributed by atoms with E-state index in [1.54, 1.807) is 0 Å². The zero-order valence-corrected chi connectivity index (χ0v) is 16.9. The van der Waals surface area contributed by atoms with E-state index >= 15 is 0 Å². The Balaban J connectivity index is 1.87. The van der Waals surface area contributed by atoms with Crippen LogP contribution in [-0.2, 0) is 7.05 Å². The summed E-state index contributed by atoms with van der Waals surface area (Å²) in [5.74, 6) is 0. The summed E-state index contributed by atoms with van der Waals surface area (Å²) in [4.78, 5) is 6.84. The van der Waals surface area contributed by atoms with Crippen molar-refractivity contribution in [2.75, 3.05) is 4.90 Å². The third-order valence-corrected chi connectivity index (χ3v) is 5.90. The fraction of sp³-hybridized carbons (Fsp3) is 0.273. The molecule has 1 fully saturated rings. The maximum absolute atomic E-state index is 5.78. The molecule has 0 bridgehead atoms. The Bertz CT molecular complexity index is 993. The fourth-order valence-corrected chi connectivity index (χ4v) is 4.09. The Kier molecular flexibility index (Phi) is 4.48. The number of hydrogen-bond donors (Lipinski definition) is 1. The molecule has 0 amide bonds. The maximum Gasteiger partial charge on any atom is 0.174 e. The van der Waals surface area contributed by atoms with Gasteiger partial charge in [-0.2, -0.15) is 0 Å². The molecule has 4 rings (SSSR count). The molecular weight excluding hydrogens is 352 g/mol. The van der Waals surface area contributed by atoms with Crippen LogP contribution >= 0.6 is 12.2 Å². The van der Waals surface area contributed by atoms with E-state index in [1.807, 2.05) is 18.3 Å². The van der Waals surface area contributed by atoms with Crippen LogP contribution in [0, 0.1) is 20.8 Å². The van der Waals surface area contributed by atoms with Crippen molar-refractivity contribution in [3.8, 4) is 0 Å². The molecular formula is C22H24N4S. The van der Waals surface area contributed by atoms with Crippen LogP contribution in [0.4, 0.5) is 5.69 Å². The van der Waals surface area contributed by atoms with Crippen molar-refractivity contribution in [2.24, 2.45) is 7.05 Å². The molecule has 138 valence electrons. The average Bonchev–Trinajstić information content (AvgIpc) is 3.18. The summed E-state index contributed by atoms with van der Waals surface area (Å²) in [7, 11) is 2.11. The Morgan fingerprint density at radius 3 is 2.44 bits per heavy atom. The molecule has 3 heterocycles. The van der Waals surface area contributed by atoms with Crippen molar-refractivity contribution in [3.05, 3.63) is 82.9 Å². The third kappa shape index (κ3) is 3.02. The number of aryl methyl sites for hydroxylation is 3. The van der Waals surface area contributed by atoms with Gasteiger partial charge in [-0.15, -0.1) is 0 Å². The number of pyridine rings is 1. The third-order valence-electron chi connectivity index (χ3n) is 5.58. The predicted molar refractivity (Wildman–Crippen MR) is 114 cm³/mol. The first-order valence-electron chi connectivity index (χ1n) is 9.17. The minimum absolute atomic E-state index is 0.00620. The van der Waals surface area contributed by atoms with Gasteiger partial charge in [0.05, 0.1) is 11.7 Å². The zero-order valence-electron chi connectivity index (χ0n) is 16.1. The van der Waals surface area contributed by atoms with E-state index in [4.69, 9.17) is 12.2 Å². The fourth-order valence-electron chi connectivity index (χ4n) is 3.74. The highest BCUT2D eigenvalue weighted by molar-refractivity contribution is 7.80. The van der Waals surface area contributed by atoms with E-state index in [-0.39, 0.29) is 12.1 Å². The lowest BCUT2D eigenvalue weighted by molar-refractivity contribution is 0.539. The molecule has 27 heavy (non-hydrogen) atoms. The predicted octanol–water partition coefficient (Wildman–Crippen LogP) is 4.52. The normalized spacial score (nSPS) is 19.4. The van der Waals surface area contributed by atoms with Gasteiger partial charge in [0.2, 0.25) is 0 Å². The lowest BCUT2D eigenvalue weighted by Crippen LogP contribution is -2.30. The topological polar surface area (TPSA) is 33.1 Å². The molecule has 3 aromatic rings. The van der Waals surface area contributed by atoms with E-state index < -0.39 is 0 Å². The summed E-state index contributed by atoms with van der Waals surface area (Å²) in [6.07, 6.45) is 1.84. The number of hydrogen-bond acceptors (Lipinski definition) is 2. The summed E-state index contributed by atoms with van der Waals surface area (Å²) >= 11 is 5.78. The quantitative estimate of drug-likeness (QED) is 0.681. The highest BCUT2D eigenvalue weighted by Gasteiger charge is 2.42. The van der Waals surface area contributed by atoms with Gasteiger partial charge >= 0.3 is 0 Å². The minimum atomic E-state index is -0.00620. The van der Waals surface area contributed by atoms with E-state index in [9.17, 15) is 0 Å². The van der Waals surface area contributed by atoms with Gasteiger partial charge in [-0.3, -0.25) is 4.98 Å². The van der Waals surface area contributed by atoms with E-state index in [1.165, 1.54) is 22.5 Å². The van der Waals surface area contributed by atoms with Crippen LogP contribution in [0.3, 0.4) is 0 Å². The van der Waals surface area contributed by atoms with Crippen molar-refractivity contribution in [3.63, 3.8) is 0 Å². The molecule has 4 nitrogen and oxygen atoms in total. The van der Waals surface area contributed by atoms with Crippen LogP contribution in [0.1, 0.15) is 40.3 Å². The molecule has 0 aliphatic carbocycles. The number of benzene rings is 1. The van der Waals surface area contributed by atoms with Gasteiger partial charge in [0, 0.05) is 30.3 Å². The molecule has 0 radical (unpaired) electrons. The van der Waals surface area contributed by atoms with Crippen molar-refractivity contribution >= 4 is 23.0 Å². The van der Waals surface area contributed by atoms with Crippen molar-refractivity contribution in [1.82, 2.24) is 14.9 Å². The average molecular weight is 377 g/mol. The lowest BCUT2D eigenvalue weighted by Gasteiger charge is -2.29. The summed E-state index contributed by atoms with van der Waals surface area (Å²) in [6.45, 7) is 6.40. The largest absolute Gasteiger partial charge is 0.351 e. The summed E-state index contributed by atoms with van der Waals surface area (Å²) in [5.41, 5.74) is 7.09. The summed E-state index contributed by atoms with van der Waals surface area (Å²) < 4.78 is 2.24. The smallest absolute Gasteiger partial charge is 0.174 e. The molecule has 1 saturated heterocycles. The second-order valence-corrected chi connectivity index (χ2v) is 7.61. The van der Waals surface area contributed by atoms with Gasteiger partial charge in [-0.1, -0.05) is 12.1 Å². The van der Waals surface area contributed by atoms with Crippen molar-refractivity contribution < 1.29 is 0 Å². The molecule has 0 spiro atoms. The van der Waals surface area contributed by atoms with Crippen LogP contribution in [-0.4, -0.2) is 14.7 Å². The van der Waals surface area contributed by atoms with E-state index in [2.05, 4.69) is 84.0 Å². The number of aromatic nitrogens is 2. The van der Waals surface area contributed by atoms with Crippen LogP contribution in [0.25, 0.3) is 0 Å². The van der Waals surface area contributed by atoms with E-state index in [0.29, 0.717) is 0 Å². The molecule has 1 aliphatic rings. The first-order valence-corrected chi connectivity index (χ1v) is 9.58. The van der Waals surface area contributed by atoms with Gasteiger partial charge < -0.3 is 14.8 Å².